The average Bonchev–Trinajstić information content (AvgIpc) is 2.30. The van der Waals surface area contributed by atoms with Gasteiger partial charge in [0, 0.05) is 24.7 Å². The summed E-state index contributed by atoms with van der Waals surface area (Å²) in [5.41, 5.74) is 1.86. The molecule has 0 spiro atoms. The van der Waals surface area contributed by atoms with Crippen molar-refractivity contribution >= 4 is 21.7 Å². The second kappa shape index (κ2) is 3.27. The monoisotopic (exact) mass is 243 g/mol. The molecule has 1 aliphatic heterocycles. The second-order valence-electron chi connectivity index (χ2n) is 3.11. The average molecular weight is 244 g/mol. The van der Waals surface area contributed by atoms with Crippen LogP contribution in [-0.2, 0) is 18.2 Å². The van der Waals surface area contributed by atoms with Crippen LogP contribution in [0.1, 0.15) is 16.1 Å². The molecule has 0 fully saturated rings. The van der Waals surface area contributed by atoms with Crippen molar-refractivity contribution in [3.63, 3.8) is 0 Å². The molecule has 70 valence electrons. The fraction of sp³-hybridized carbons (Fsp3) is 0.444. The molecule has 3 nitrogen and oxygen atoms in total. The number of ketones is 1. The van der Waals surface area contributed by atoms with Crippen LogP contribution in [0.3, 0.4) is 0 Å². The van der Waals surface area contributed by atoms with Crippen LogP contribution in [0.15, 0.2) is 10.7 Å². The van der Waals surface area contributed by atoms with E-state index in [9.17, 15) is 4.79 Å². The zero-order valence-corrected chi connectivity index (χ0v) is 8.93. The number of Topliss-reactive ketones (excluding diaryl/α,β-unsaturated/α-hetero) is 1. The quantitative estimate of drug-likeness (QED) is 0.693. The van der Waals surface area contributed by atoms with E-state index in [1.807, 2.05) is 17.7 Å². The summed E-state index contributed by atoms with van der Waals surface area (Å²) in [4.78, 5) is 11.5. The van der Waals surface area contributed by atoms with Gasteiger partial charge < -0.3 is 9.30 Å². The van der Waals surface area contributed by atoms with Gasteiger partial charge in [-0.1, -0.05) is 0 Å². The molecule has 0 amide bonds. The lowest BCUT2D eigenvalue weighted by molar-refractivity contribution is 0.0788. The lowest BCUT2D eigenvalue weighted by Crippen LogP contribution is -2.05. The molecule has 1 aliphatic rings. The molecule has 2 heterocycles. The first-order chi connectivity index (χ1) is 6.20. The first-order valence-corrected chi connectivity index (χ1v) is 4.94. The number of nitrogens with zero attached hydrogens (tertiary/aromatic N) is 1. The lowest BCUT2D eigenvalue weighted by Gasteiger charge is -2.02. The number of aromatic nitrogens is 1. The molecule has 4 heteroatoms. The SMILES string of the molecule is Cn1c(Br)cc2c1CCOCC2=O. The number of fused-ring (bicyclic) bond motifs is 1. The number of hydrogen-bond acceptors (Lipinski definition) is 2. The molecule has 0 radical (unpaired) electrons. The summed E-state index contributed by atoms with van der Waals surface area (Å²) >= 11 is 3.40. The third kappa shape index (κ3) is 1.44. The second-order valence-corrected chi connectivity index (χ2v) is 3.92. The minimum Gasteiger partial charge on any atom is -0.373 e. The molecule has 0 aromatic carbocycles. The first-order valence-electron chi connectivity index (χ1n) is 4.15. The Kier molecular flexibility index (Phi) is 2.26. The number of carbonyl (C=O) groups excluding carboxylic acids is 1. The fourth-order valence-corrected chi connectivity index (χ4v) is 2.01. The molecule has 0 saturated heterocycles. The highest BCUT2D eigenvalue weighted by Gasteiger charge is 2.20. The van der Waals surface area contributed by atoms with E-state index < -0.39 is 0 Å². The molecule has 0 N–H and O–H groups in total. The van der Waals surface area contributed by atoms with Crippen LogP contribution in [0.25, 0.3) is 0 Å². The van der Waals surface area contributed by atoms with Crippen molar-refractivity contribution in [2.24, 2.45) is 7.05 Å². The number of hydrogen-bond donors (Lipinski definition) is 0. The Hall–Kier alpha value is -0.610. The van der Waals surface area contributed by atoms with E-state index >= 15 is 0 Å². The van der Waals surface area contributed by atoms with Crippen LogP contribution in [0.4, 0.5) is 0 Å². The summed E-state index contributed by atoms with van der Waals surface area (Å²) in [7, 11) is 1.95. The minimum atomic E-state index is 0.0776. The molecule has 0 bridgehead atoms. The maximum atomic E-state index is 11.5. The number of halogens is 1. The van der Waals surface area contributed by atoms with E-state index in [1.54, 1.807) is 0 Å². The summed E-state index contributed by atoms with van der Waals surface area (Å²) in [5.74, 6) is 0.0776. The van der Waals surface area contributed by atoms with E-state index in [4.69, 9.17) is 4.74 Å². The Morgan fingerprint density at radius 2 is 2.38 bits per heavy atom. The normalized spacial score (nSPS) is 16.9. The molecule has 0 saturated carbocycles. The largest absolute Gasteiger partial charge is 0.373 e. The van der Waals surface area contributed by atoms with E-state index in [-0.39, 0.29) is 12.4 Å². The third-order valence-corrected chi connectivity index (χ3v) is 3.08. The van der Waals surface area contributed by atoms with Crippen molar-refractivity contribution in [3.8, 4) is 0 Å². The van der Waals surface area contributed by atoms with Gasteiger partial charge in [-0.2, -0.15) is 0 Å². The maximum Gasteiger partial charge on any atom is 0.190 e. The van der Waals surface area contributed by atoms with Gasteiger partial charge in [0.15, 0.2) is 5.78 Å². The van der Waals surface area contributed by atoms with Gasteiger partial charge in [-0.25, -0.2) is 0 Å². The van der Waals surface area contributed by atoms with Gasteiger partial charge in [0.2, 0.25) is 0 Å². The van der Waals surface area contributed by atoms with Crippen LogP contribution < -0.4 is 0 Å². The third-order valence-electron chi connectivity index (χ3n) is 2.32. The summed E-state index contributed by atoms with van der Waals surface area (Å²) in [6.07, 6.45) is 0.809. The van der Waals surface area contributed by atoms with Crippen molar-refractivity contribution < 1.29 is 9.53 Å². The van der Waals surface area contributed by atoms with Gasteiger partial charge >= 0.3 is 0 Å². The van der Waals surface area contributed by atoms with Crippen molar-refractivity contribution in [1.82, 2.24) is 4.57 Å². The van der Waals surface area contributed by atoms with Gasteiger partial charge in [0.05, 0.1) is 11.2 Å². The summed E-state index contributed by atoms with van der Waals surface area (Å²) in [6.45, 7) is 0.840. The maximum absolute atomic E-state index is 11.5. The first kappa shape index (κ1) is 8.97. The highest BCUT2D eigenvalue weighted by molar-refractivity contribution is 9.10. The molecule has 0 aliphatic carbocycles. The van der Waals surface area contributed by atoms with Gasteiger partial charge in [0.1, 0.15) is 6.61 Å². The van der Waals surface area contributed by atoms with Crippen molar-refractivity contribution in [1.29, 1.82) is 0 Å². The van der Waals surface area contributed by atoms with Gasteiger partial charge in [-0.3, -0.25) is 4.79 Å². The standard InChI is InChI=1S/C9H10BrNO2/c1-11-7-2-3-13-5-8(12)6(7)4-9(11)10/h4H,2-3,5H2,1H3. The van der Waals surface area contributed by atoms with E-state index in [2.05, 4.69) is 15.9 Å². The van der Waals surface area contributed by atoms with Crippen molar-refractivity contribution in [2.75, 3.05) is 13.2 Å². The van der Waals surface area contributed by atoms with Crippen LogP contribution in [-0.4, -0.2) is 23.6 Å². The van der Waals surface area contributed by atoms with Crippen molar-refractivity contribution in [2.45, 2.75) is 6.42 Å². The van der Waals surface area contributed by atoms with Crippen LogP contribution in [0.2, 0.25) is 0 Å². The minimum absolute atomic E-state index is 0.0776. The molecule has 1 aromatic heterocycles. The van der Waals surface area contributed by atoms with Crippen LogP contribution in [0.5, 0.6) is 0 Å². The van der Waals surface area contributed by atoms with Crippen LogP contribution in [0, 0.1) is 0 Å². The molecule has 0 unspecified atom stereocenters. The summed E-state index contributed by atoms with van der Waals surface area (Å²) in [6, 6.07) is 1.87. The highest BCUT2D eigenvalue weighted by atomic mass is 79.9. The van der Waals surface area contributed by atoms with E-state index in [0.717, 1.165) is 22.3 Å². The Labute approximate surface area is 84.8 Å². The number of rotatable bonds is 0. The fourth-order valence-electron chi connectivity index (χ4n) is 1.56. The lowest BCUT2D eigenvalue weighted by atomic mass is 10.1. The predicted octanol–water partition coefficient (Wildman–Crippen LogP) is 1.54. The van der Waals surface area contributed by atoms with Crippen LogP contribution >= 0.6 is 15.9 Å². The van der Waals surface area contributed by atoms with Crippen molar-refractivity contribution in [3.05, 3.63) is 21.9 Å². The smallest absolute Gasteiger partial charge is 0.190 e. The number of ether oxygens (including phenoxy) is 1. The predicted molar refractivity (Wildman–Crippen MR) is 52.0 cm³/mol. The Morgan fingerprint density at radius 3 is 3.15 bits per heavy atom. The Balaban J connectivity index is 2.53. The van der Waals surface area contributed by atoms with Gasteiger partial charge in [-0.15, -0.1) is 0 Å². The Morgan fingerprint density at radius 1 is 1.62 bits per heavy atom. The molecular weight excluding hydrogens is 234 g/mol. The Bertz CT molecular complexity index is 357. The highest BCUT2D eigenvalue weighted by Crippen LogP contribution is 2.22. The topological polar surface area (TPSA) is 31.2 Å². The number of carbonyl (C=O) groups is 1. The molecule has 2 rings (SSSR count). The summed E-state index contributed by atoms with van der Waals surface area (Å²) < 4.78 is 8.10. The molecular formula is C9H10BrNO2. The van der Waals surface area contributed by atoms with Gasteiger partial charge in [-0.05, 0) is 22.0 Å². The zero-order chi connectivity index (χ0) is 9.42. The molecule has 1 aromatic rings. The zero-order valence-electron chi connectivity index (χ0n) is 7.34. The van der Waals surface area contributed by atoms with E-state index in [0.29, 0.717) is 6.61 Å². The van der Waals surface area contributed by atoms with E-state index in [1.165, 1.54) is 0 Å². The van der Waals surface area contributed by atoms with Gasteiger partial charge in [0.25, 0.3) is 0 Å². The molecule has 0 atom stereocenters. The molecule has 13 heavy (non-hydrogen) atoms. The summed E-state index contributed by atoms with van der Waals surface area (Å²) in [5, 5.41) is 0.